The summed E-state index contributed by atoms with van der Waals surface area (Å²) in [6.45, 7) is 0. The maximum Gasteiger partial charge on any atom is 0.367 e. The number of methoxy groups -OCH3 is 1. The van der Waals surface area contributed by atoms with Gasteiger partial charge < -0.3 is 14.7 Å². The van der Waals surface area contributed by atoms with Crippen molar-refractivity contribution in [2.45, 2.75) is 17.0 Å². The van der Waals surface area contributed by atoms with Gasteiger partial charge in [0.1, 0.15) is 5.75 Å². The summed E-state index contributed by atoms with van der Waals surface area (Å²) in [6, 6.07) is 6.64. The molecule has 1 unspecified atom stereocenters. The van der Waals surface area contributed by atoms with E-state index in [1.165, 1.54) is 7.11 Å². The van der Waals surface area contributed by atoms with Crippen LogP contribution in [-0.4, -0.2) is 28.5 Å². The Morgan fingerprint density at radius 2 is 2.06 bits per heavy atom. The number of rotatable bonds is 3. The quantitative estimate of drug-likeness (QED) is 0.870. The van der Waals surface area contributed by atoms with Crippen molar-refractivity contribution >= 4 is 21.6 Å². The van der Waals surface area contributed by atoms with Gasteiger partial charge >= 0.3 is 10.6 Å². The van der Waals surface area contributed by atoms with E-state index in [9.17, 15) is 13.9 Å². The Hall–Kier alpha value is -1.21. The lowest BCUT2D eigenvalue weighted by molar-refractivity contribution is -0.266. The van der Waals surface area contributed by atoms with Crippen molar-refractivity contribution in [2.24, 2.45) is 5.16 Å². The minimum Gasteiger partial charge on any atom is -0.497 e. The van der Waals surface area contributed by atoms with Gasteiger partial charge in [-0.3, -0.25) is 0 Å². The monoisotopic (exact) mass is 321 g/mol. The highest BCUT2D eigenvalue weighted by Gasteiger charge is 2.57. The first-order valence-corrected chi connectivity index (χ1v) is 5.83. The zero-order chi connectivity index (χ0) is 13.4. The largest absolute Gasteiger partial charge is 0.497 e. The molecule has 0 aliphatic carbocycles. The summed E-state index contributed by atoms with van der Waals surface area (Å²) in [5, 5.41) is 13.1. The van der Waals surface area contributed by atoms with Gasteiger partial charge in [-0.15, -0.1) is 0 Å². The van der Waals surface area contributed by atoms with Gasteiger partial charge in [0, 0.05) is 0 Å². The molecule has 4 nitrogen and oxygen atoms in total. The van der Waals surface area contributed by atoms with E-state index in [1.807, 2.05) is 0 Å². The van der Waals surface area contributed by atoms with Crippen molar-refractivity contribution in [3.63, 3.8) is 0 Å². The van der Waals surface area contributed by atoms with Crippen LogP contribution in [0.25, 0.3) is 0 Å². The summed E-state index contributed by atoms with van der Waals surface area (Å²) in [6.07, 6.45) is -0.405. The van der Waals surface area contributed by atoms with Gasteiger partial charge in [0.2, 0.25) is 0 Å². The zero-order valence-corrected chi connectivity index (χ0v) is 10.9. The number of nitrogens with zero attached hydrogens (tertiary/aromatic N) is 1. The lowest BCUT2D eigenvalue weighted by Crippen LogP contribution is -2.44. The molecule has 0 spiro atoms. The molecular weight excluding hydrogens is 312 g/mol. The third-order valence-electron chi connectivity index (χ3n) is 2.58. The van der Waals surface area contributed by atoms with E-state index in [4.69, 9.17) is 4.74 Å². The fourth-order valence-electron chi connectivity index (χ4n) is 1.51. The van der Waals surface area contributed by atoms with Gasteiger partial charge in [-0.2, -0.15) is 8.78 Å². The van der Waals surface area contributed by atoms with Crippen molar-refractivity contribution in [2.75, 3.05) is 7.11 Å². The van der Waals surface area contributed by atoms with Crippen LogP contribution in [0.1, 0.15) is 12.0 Å². The number of aliphatic hydroxyl groups is 1. The average Bonchev–Trinajstić information content (AvgIpc) is 2.73. The van der Waals surface area contributed by atoms with Gasteiger partial charge in [0.05, 0.1) is 19.2 Å². The molecule has 0 saturated carbocycles. The van der Waals surface area contributed by atoms with Crippen LogP contribution in [0, 0.1) is 0 Å². The van der Waals surface area contributed by atoms with Crippen molar-refractivity contribution in [3.05, 3.63) is 29.8 Å². The second-order valence-corrected chi connectivity index (χ2v) is 4.81. The molecule has 18 heavy (non-hydrogen) atoms. The third kappa shape index (κ3) is 2.32. The average molecular weight is 322 g/mol. The van der Waals surface area contributed by atoms with Crippen molar-refractivity contribution in [3.8, 4) is 5.75 Å². The van der Waals surface area contributed by atoms with E-state index in [-0.39, 0.29) is 5.71 Å². The number of alkyl halides is 3. The highest BCUT2D eigenvalue weighted by Crippen LogP contribution is 2.42. The Morgan fingerprint density at radius 3 is 2.50 bits per heavy atom. The number of halogens is 3. The molecule has 1 aromatic carbocycles. The lowest BCUT2D eigenvalue weighted by Gasteiger charge is -2.24. The van der Waals surface area contributed by atoms with Gasteiger partial charge in [-0.05, 0) is 45.8 Å². The van der Waals surface area contributed by atoms with Crippen LogP contribution in [0.15, 0.2) is 29.4 Å². The fourth-order valence-corrected chi connectivity index (χ4v) is 1.72. The Bertz CT molecular complexity index is 472. The molecule has 1 aromatic rings. The Morgan fingerprint density at radius 1 is 1.44 bits per heavy atom. The predicted molar refractivity (Wildman–Crippen MR) is 64.1 cm³/mol. The molecule has 1 atom stereocenters. The molecule has 0 radical (unpaired) electrons. The summed E-state index contributed by atoms with van der Waals surface area (Å²) in [5.74, 6) is -2.01. The summed E-state index contributed by atoms with van der Waals surface area (Å²) >= 11 is 2.08. The van der Waals surface area contributed by atoms with Gasteiger partial charge in [-0.25, -0.2) is 0 Å². The van der Waals surface area contributed by atoms with E-state index in [0.717, 1.165) is 0 Å². The first kappa shape index (κ1) is 13.2. The van der Waals surface area contributed by atoms with E-state index >= 15 is 0 Å². The number of ether oxygens (including phenoxy) is 1. The topological polar surface area (TPSA) is 51.0 Å². The van der Waals surface area contributed by atoms with Gasteiger partial charge in [0.25, 0.3) is 0 Å². The second kappa shape index (κ2) is 4.47. The minimum absolute atomic E-state index is 0.249. The van der Waals surface area contributed by atoms with Crippen LogP contribution in [-0.2, 0) is 4.84 Å². The normalized spacial score (nSPS) is 23.5. The first-order chi connectivity index (χ1) is 8.36. The van der Waals surface area contributed by atoms with Crippen LogP contribution < -0.4 is 4.74 Å². The smallest absolute Gasteiger partial charge is 0.367 e. The lowest BCUT2D eigenvalue weighted by atomic mass is 10.0. The number of hydrogen-bond acceptors (Lipinski definition) is 4. The number of hydrogen-bond donors (Lipinski definition) is 1. The van der Waals surface area contributed by atoms with Crippen molar-refractivity contribution in [1.29, 1.82) is 0 Å². The molecule has 1 aliphatic rings. The SMILES string of the molecule is COc1ccc(C2=NOC(O)(C(F)(F)Br)C2)cc1. The minimum atomic E-state index is -3.57. The molecule has 0 amide bonds. The van der Waals surface area contributed by atoms with Crippen LogP contribution in [0.2, 0.25) is 0 Å². The zero-order valence-electron chi connectivity index (χ0n) is 9.36. The Kier molecular flexibility index (Phi) is 3.29. The first-order valence-electron chi connectivity index (χ1n) is 5.04. The number of benzene rings is 1. The molecule has 98 valence electrons. The summed E-state index contributed by atoms with van der Waals surface area (Å²) in [4.78, 5) is 0.872. The molecule has 1 heterocycles. The standard InChI is InChI=1S/C11H10BrF2NO3/c1-17-8-4-2-7(3-5-8)9-6-10(16,18-15-9)11(12,13)14/h2-5,16H,6H2,1H3. The maximum atomic E-state index is 13.1. The van der Waals surface area contributed by atoms with Crippen LogP contribution in [0.5, 0.6) is 5.75 Å². The summed E-state index contributed by atoms with van der Waals surface area (Å²) in [5.41, 5.74) is 0.836. The van der Waals surface area contributed by atoms with E-state index in [0.29, 0.717) is 11.3 Å². The molecule has 0 bridgehead atoms. The molecular formula is C11H10BrF2NO3. The number of oxime groups is 1. The predicted octanol–water partition coefficient (Wildman–Crippen LogP) is 2.50. The summed E-state index contributed by atoms with van der Waals surface area (Å²) < 4.78 is 31.1. The van der Waals surface area contributed by atoms with Crippen molar-refractivity contribution < 1.29 is 23.5 Å². The highest BCUT2D eigenvalue weighted by atomic mass is 79.9. The molecule has 1 N–H and O–H groups in total. The van der Waals surface area contributed by atoms with Crippen LogP contribution in [0.3, 0.4) is 0 Å². The van der Waals surface area contributed by atoms with Crippen LogP contribution in [0.4, 0.5) is 8.78 Å². The van der Waals surface area contributed by atoms with Crippen molar-refractivity contribution in [1.82, 2.24) is 0 Å². The van der Waals surface area contributed by atoms with E-state index < -0.39 is 17.0 Å². The Labute approximate surface area is 110 Å². The molecule has 2 rings (SSSR count). The molecule has 0 fully saturated rings. The molecule has 7 heteroatoms. The third-order valence-corrected chi connectivity index (χ3v) is 3.20. The fraction of sp³-hybridized carbons (Fsp3) is 0.364. The molecule has 1 aliphatic heterocycles. The second-order valence-electron chi connectivity index (χ2n) is 3.82. The maximum absolute atomic E-state index is 13.1. The summed E-state index contributed by atoms with van der Waals surface area (Å²) in [7, 11) is 1.52. The van der Waals surface area contributed by atoms with E-state index in [2.05, 4.69) is 25.9 Å². The van der Waals surface area contributed by atoms with Crippen LogP contribution >= 0.6 is 15.9 Å². The molecule has 0 aromatic heterocycles. The van der Waals surface area contributed by atoms with E-state index in [1.54, 1.807) is 24.3 Å². The van der Waals surface area contributed by atoms with Gasteiger partial charge in [0.15, 0.2) is 0 Å². The van der Waals surface area contributed by atoms with Gasteiger partial charge in [-0.1, -0.05) is 5.16 Å². The highest BCUT2D eigenvalue weighted by molar-refractivity contribution is 9.10. The molecule has 0 saturated heterocycles. The Balaban J connectivity index is 2.17.